The van der Waals surface area contributed by atoms with Gasteiger partial charge in [-0.05, 0) is 27.7 Å². The van der Waals surface area contributed by atoms with Gasteiger partial charge in [0.05, 0.1) is 11.4 Å². The van der Waals surface area contributed by atoms with Crippen molar-refractivity contribution in [2.24, 2.45) is 14.1 Å². The lowest BCUT2D eigenvalue weighted by molar-refractivity contribution is 0.730. The summed E-state index contributed by atoms with van der Waals surface area (Å²) in [6.45, 7) is 8.65. The summed E-state index contributed by atoms with van der Waals surface area (Å²) in [5.41, 5.74) is 6.15. The van der Waals surface area contributed by atoms with Crippen LogP contribution in [-0.2, 0) is 20.6 Å². The van der Waals surface area contributed by atoms with E-state index in [2.05, 4.69) is 32.4 Å². The highest BCUT2D eigenvalue weighted by Gasteiger charge is 2.15. The Morgan fingerprint density at radius 3 is 2.23 bits per heavy atom. The SMILES string of the molecule is Cc1nc(NCc2c(C)nn(C)c2C)c2c(n1)c(C)nn2C. The minimum Gasteiger partial charge on any atom is -0.364 e. The molecule has 0 aromatic carbocycles. The van der Waals surface area contributed by atoms with Crippen LogP contribution in [0.3, 0.4) is 0 Å². The summed E-state index contributed by atoms with van der Waals surface area (Å²) in [5, 5.41) is 12.3. The molecule has 0 amide bonds. The van der Waals surface area contributed by atoms with Crippen molar-refractivity contribution < 1.29 is 0 Å². The fraction of sp³-hybridized carbons (Fsp3) is 0.467. The highest BCUT2D eigenvalue weighted by molar-refractivity contribution is 5.87. The molecule has 3 aromatic rings. The highest BCUT2D eigenvalue weighted by atomic mass is 15.3. The molecular weight excluding hydrogens is 278 g/mol. The molecule has 0 saturated carbocycles. The third-order valence-electron chi connectivity index (χ3n) is 4.05. The second-order valence-electron chi connectivity index (χ2n) is 5.65. The third-order valence-corrected chi connectivity index (χ3v) is 4.05. The minimum absolute atomic E-state index is 0.682. The Bertz CT molecular complexity index is 857. The summed E-state index contributed by atoms with van der Waals surface area (Å²) >= 11 is 0. The van der Waals surface area contributed by atoms with Crippen LogP contribution in [0.1, 0.15) is 28.5 Å². The standard InChI is InChI=1S/C15H21N7/c1-8-12(10(3)21(5)19-8)7-16-15-14-13(17-11(4)18-15)9(2)20-22(14)6/h7H2,1-6H3,(H,16,17,18). The van der Waals surface area contributed by atoms with Crippen molar-refractivity contribution in [3.63, 3.8) is 0 Å². The Morgan fingerprint density at radius 1 is 0.909 bits per heavy atom. The van der Waals surface area contributed by atoms with Gasteiger partial charge in [0, 0.05) is 31.9 Å². The maximum atomic E-state index is 4.55. The lowest BCUT2D eigenvalue weighted by Gasteiger charge is -2.09. The van der Waals surface area contributed by atoms with E-state index in [9.17, 15) is 0 Å². The Morgan fingerprint density at radius 2 is 1.59 bits per heavy atom. The summed E-state index contributed by atoms with van der Waals surface area (Å²) in [4.78, 5) is 9.05. The van der Waals surface area contributed by atoms with Crippen LogP contribution in [-0.4, -0.2) is 29.5 Å². The van der Waals surface area contributed by atoms with Gasteiger partial charge < -0.3 is 5.32 Å². The number of fused-ring (bicyclic) bond motifs is 1. The van der Waals surface area contributed by atoms with E-state index in [0.29, 0.717) is 6.54 Å². The van der Waals surface area contributed by atoms with Crippen LogP contribution in [0.2, 0.25) is 0 Å². The van der Waals surface area contributed by atoms with Crippen molar-refractivity contribution in [3.8, 4) is 0 Å². The molecule has 0 fully saturated rings. The number of anilines is 1. The van der Waals surface area contributed by atoms with Crippen molar-refractivity contribution in [1.29, 1.82) is 0 Å². The van der Waals surface area contributed by atoms with Gasteiger partial charge in [0.1, 0.15) is 16.9 Å². The van der Waals surface area contributed by atoms with E-state index in [1.54, 1.807) is 0 Å². The number of aryl methyl sites for hydroxylation is 5. The smallest absolute Gasteiger partial charge is 0.156 e. The molecule has 0 bridgehead atoms. The molecule has 3 aromatic heterocycles. The first-order valence-corrected chi connectivity index (χ1v) is 7.29. The normalized spacial score (nSPS) is 11.4. The van der Waals surface area contributed by atoms with E-state index in [-0.39, 0.29) is 0 Å². The van der Waals surface area contributed by atoms with E-state index >= 15 is 0 Å². The molecule has 0 aliphatic heterocycles. The van der Waals surface area contributed by atoms with E-state index in [1.807, 2.05) is 44.2 Å². The Labute approximate surface area is 129 Å². The predicted octanol–water partition coefficient (Wildman–Crippen LogP) is 1.94. The van der Waals surface area contributed by atoms with E-state index < -0.39 is 0 Å². The number of aromatic nitrogens is 6. The van der Waals surface area contributed by atoms with Crippen LogP contribution in [0, 0.1) is 27.7 Å². The molecule has 3 heterocycles. The third kappa shape index (κ3) is 2.22. The maximum absolute atomic E-state index is 4.55. The predicted molar refractivity (Wildman–Crippen MR) is 85.8 cm³/mol. The first kappa shape index (κ1) is 14.5. The number of nitrogens with zero attached hydrogens (tertiary/aromatic N) is 6. The van der Waals surface area contributed by atoms with Gasteiger partial charge in [-0.3, -0.25) is 9.36 Å². The molecule has 0 unspecified atom stereocenters. The molecule has 3 rings (SSSR count). The summed E-state index contributed by atoms with van der Waals surface area (Å²) in [6.07, 6.45) is 0. The highest BCUT2D eigenvalue weighted by Crippen LogP contribution is 2.23. The van der Waals surface area contributed by atoms with Crippen LogP contribution in [0.4, 0.5) is 5.82 Å². The maximum Gasteiger partial charge on any atom is 0.156 e. The van der Waals surface area contributed by atoms with Gasteiger partial charge >= 0.3 is 0 Å². The molecule has 0 saturated heterocycles. The zero-order chi connectivity index (χ0) is 16.0. The molecule has 1 N–H and O–H groups in total. The molecule has 7 nitrogen and oxygen atoms in total. The molecular formula is C15H21N7. The molecule has 22 heavy (non-hydrogen) atoms. The van der Waals surface area contributed by atoms with Crippen molar-refractivity contribution in [3.05, 3.63) is 28.5 Å². The van der Waals surface area contributed by atoms with E-state index in [0.717, 1.165) is 39.8 Å². The Hall–Kier alpha value is -2.44. The fourth-order valence-electron chi connectivity index (χ4n) is 2.82. The Balaban J connectivity index is 2.00. The van der Waals surface area contributed by atoms with E-state index in [4.69, 9.17) is 0 Å². The lowest BCUT2D eigenvalue weighted by Crippen LogP contribution is -2.07. The fourth-order valence-corrected chi connectivity index (χ4v) is 2.82. The number of hydrogen-bond donors (Lipinski definition) is 1. The van der Waals surface area contributed by atoms with Gasteiger partial charge in [-0.1, -0.05) is 0 Å². The molecule has 0 spiro atoms. The van der Waals surface area contributed by atoms with Gasteiger partial charge in [0.15, 0.2) is 5.82 Å². The van der Waals surface area contributed by atoms with Gasteiger partial charge in [-0.15, -0.1) is 0 Å². The van der Waals surface area contributed by atoms with Crippen LogP contribution in [0.25, 0.3) is 11.0 Å². The molecule has 0 aliphatic rings. The topological polar surface area (TPSA) is 73.5 Å². The zero-order valence-corrected chi connectivity index (χ0v) is 13.9. The first-order chi connectivity index (χ1) is 10.4. The van der Waals surface area contributed by atoms with Crippen LogP contribution in [0.5, 0.6) is 0 Å². The lowest BCUT2D eigenvalue weighted by atomic mass is 10.2. The number of rotatable bonds is 3. The number of nitrogens with one attached hydrogen (secondary N) is 1. The van der Waals surface area contributed by atoms with Crippen molar-refractivity contribution in [1.82, 2.24) is 29.5 Å². The second-order valence-corrected chi connectivity index (χ2v) is 5.65. The summed E-state index contributed by atoms with van der Waals surface area (Å²) in [7, 11) is 3.88. The van der Waals surface area contributed by atoms with Gasteiger partial charge in [-0.2, -0.15) is 10.2 Å². The minimum atomic E-state index is 0.682. The summed E-state index contributed by atoms with van der Waals surface area (Å²) in [6, 6.07) is 0. The van der Waals surface area contributed by atoms with Crippen molar-refractivity contribution in [2.45, 2.75) is 34.2 Å². The largest absolute Gasteiger partial charge is 0.364 e. The van der Waals surface area contributed by atoms with Crippen molar-refractivity contribution >= 4 is 16.9 Å². The van der Waals surface area contributed by atoms with Crippen LogP contribution < -0.4 is 5.32 Å². The Kier molecular flexibility index (Phi) is 3.35. The van der Waals surface area contributed by atoms with Crippen LogP contribution in [0.15, 0.2) is 0 Å². The van der Waals surface area contributed by atoms with Gasteiger partial charge in [0.2, 0.25) is 0 Å². The average Bonchev–Trinajstić information content (AvgIpc) is 2.85. The zero-order valence-electron chi connectivity index (χ0n) is 13.9. The molecule has 116 valence electrons. The quantitative estimate of drug-likeness (QED) is 0.800. The van der Waals surface area contributed by atoms with Crippen molar-refractivity contribution in [2.75, 3.05) is 5.32 Å². The van der Waals surface area contributed by atoms with E-state index in [1.165, 1.54) is 5.56 Å². The monoisotopic (exact) mass is 299 g/mol. The first-order valence-electron chi connectivity index (χ1n) is 7.29. The van der Waals surface area contributed by atoms with Gasteiger partial charge in [-0.25, -0.2) is 9.97 Å². The number of hydrogen-bond acceptors (Lipinski definition) is 5. The van der Waals surface area contributed by atoms with Crippen LogP contribution >= 0.6 is 0 Å². The molecule has 7 heteroatoms. The molecule has 0 radical (unpaired) electrons. The molecule has 0 aliphatic carbocycles. The van der Waals surface area contributed by atoms with Gasteiger partial charge in [0.25, 0.3) is 0 Å². The second kappa shape index (κ2) is 5.08. The average molecular weight is 299 g/mol. The molecule has 0 atom stereocenters. The summed E-state index contributed by atoms with van der Waals surface area (Å²) < 4.78 is 3.73. The summed E-state index contributed by atoms with van der Waals surface area (Å²) in [5.74, 6) is 1.55.